The summed E-state index contributed by atoms with van der Waals surface area (Å²) in [6.07, 6.45) is 3.10. The first-order valence-corrected chi connectivity index (χ1v) is 8.16. The van der Waals surface area contributed by atoms with Crippen LogP contribution in [-0.2, 0) is 16.4 Å². The molecule has 0 saturated heterocycles. The lowest BCUT2D eigenvalue weighted by Gasteiger charge is -2.01. The van der Waals surface area contributed by atoms with E-state index in [2.05, 4.69) is 15.3 Å². The molecule has 2 heterocycles. The van der Waals surface area contributed by atoms with E-state index in [9.17, 15) is 8.42 Å². The lowest BCUT2D eigenvalue weighted by Crippen LogP contribution is -2.03. The van der Waals surface area contributed by atoms with Gasteiger partial charge in [-0.2, -0.15) is 0 Å². The number of pyridine rings is 1. The molecule has 0 unspecified atom stereocenters. The largest absolute Gasteiger partial charge is 0.259 e. The highest BCUT2D eigenvalue weighted by atomic mass is 32.2. The van der Waals surface area contributed by atoms with Crippen molar-refractivity contribution in [3.63, 3.8) is 0 Å². The minimum Gasteiger partial charge on any atom is -0.259 e. The van der Waals surface area contributed by atoms with Crippen molar-refractivity contribution >= 4 is 9.84 Å². The van der Waals surface area contributed by atoms with E-state index in [1.165, 1.54) is 10.9 Å². The molecule has 0 aliphatic carbocycles. The fourth-order valence-electron chi connectivity index (χ4n) is 1.98. The van der Waals surface area contributed by atoms with E-state index in [-0.39, 0.29) is 9.92 Å². The molecule has 112 valence electrons. The number of sulfone groups is 1. The molecule has 0 atom stereocenters. The molecule has 0 aliphatic heterocycles. The predicted molar refractivity (Wildman–Crippen MR) is 80.0 cm³/mol. The first-order chi connectivity index (χ1) is 10.6. The van der Waals surface area contributed by atoms with Crippen LogP contribution in [0.1, 0.15) is 11.3 Å². The zero-order chi connectivity index (χ0) is 15.6. The molecule has 3 rings (SSSR count). The first-order valence-electron chi connectivity index (χ1n) is 6.67. The van der Waals surface area contributed by atoms with E-state index in [1.807, 2.05) is 25.1 Å². The van der Waals surface area contributed by atoms with Crippen LogP contribution in [0.4, 0.5) is 0 Å². The molecule has 0 amide bonds. The van der Waals surface area contributed by atoms with Crippen molar-refractivity contribution in [2.24, 2.45) is 0 Å². The fraction of sp³-hybridized carbons (Fsp3) is 0.133. The molecule has 0 radical (unpaired) electrons. The zero-order valence-corrected chi connectivity index (χ0v) is 12.7. The van der Waals surface area contributed by atoms with Crippen molar-refractivity contribution in [2.45, 2.75) is 23.4 Å². The lowest BCUT2D eigenvalue weighted by atomic mass is 10.2. The third-order valence-corrected chi connectivity index (χ3v) is 4.80. The van der Waals surface area contributed by atoms with Gasteiger partial charge in [0.1, 0.15) is 0 Å². The van der Waals surface area contributed by atoms with Gasteiger partial charge in [0.25, 0.3) is 0 Å². The Morgan fingerprint density at radius 1 is 1.09 bits per heavy atom. The van der Waals surface area contributed by atoms with Gasteiger partial charge >= 0.3 is 0 Å². The molecule has 1 aromatic carbocycles. The highest BCUT2D eigenvalue weighted by molar-refractivity contribution is 7.91. The van der Waals surface area contributed by atoms with Gasteiger partial charge in [-0.3, -0.25) is 4.98 Å². The Labute approximate surface area is 128 Å². The van der Waals surface area contributed by atoms with Crippen LogP contribution in [0, 0.1) is 6.92 Å². The minimum atomic E-state index is -3.64. The van der Waals surface area contributed by atoms with Crippen molar-refractivity contribution in [1.29, 1.82) is 0 Å². The average molecular weight is 314 g/mol. The van der Waals surface area contributed by atoms with Crippen LogP contribution in [-0.4, -0.2) is 28.4 Å². The second-order valence-electron chi connectivity index (χ2n) is 4.89. The number of aryl methyl sites for hydroxylation is 1. The quantitative estimate of drug-likeness (QED) is 0.734. The van der Waals surface area contributed by atoms with Crippen molar-refractivity contribution in [3.8, 4) is 0 Å². The molecule has 0 bridgehead atoms. The summed E-state index contributed by atoms with van der Waals surface area (Å²) >= 11 is 0. The van der Waals surface area contributed by atoms with E-state index < -0.39 is 9.84 Å². The van der Waals surface area contributed by atoms with Crippen molar-refractivity contribution in [1.82, 2.24) is 20.0 Å². The highest BCUT2D eigenvalue weighted by Crippen LogP contribution is 2.18. The summed E-state index contributed by atoms with van der Waals surface area (Å²) in [4.78, 5) is 4.39. The second-order valence-corrected chi connectivity index (χ2v) is 6.79. The molecule has 0 spiro atoms. The maximum absolute atomic E-state index is 12.5. The highest BCUT2D eigenvalue weighted by Gasteiger charge is 2.21. The minimum absolute atomic E-state index is 0.0627. The normalized spacial score (nSPS) is 11.5. The van der Waals surface area contributed by atoms with Crippen molar-refractivity contribution in [3.05, 3.63) is 66.1 Å². The van der Waals surface area contributed by atoms with Crippen LogP contribution in [0.2, 0.25) is 0 Å². The van der Waals surface area contributed by atoms with E-state index in [1.54, 1.807) is 30.5 Å². The molecule has 0 aliphatic rings. The number of rotatable bonds is 4. The second kappa shape index (κ2) is 5.69. The fourth-order valence-corrected chi connectivity index (χ4v) is 3.12. The van der Waals surface area contributed by atoms with Gasteiger partial charge in [-0.05, 0) is 31.2 Å². The van der Waals surface area contributed by atoms with E-state index in [4.69, 9.17) is 0 Å². The summed E-state index contributed by atoms with van der Waals surface area (Å²) in [5.74, 6) is 0. The first kappa shape index (κ1) is 14.4. The molecular formula is C15H14N4O2S. The SMILES string of the molecule is Cc1ccc(S(=O)(=O)c2cn(Cc3ccccn3)nn2)cc1. The molecule has 6 nitrogen and oxygen atoms in total. The Morgan fingerprint density at radius 3 is 2.55 bits per heavy atom. The molecule has 0 N–H and O–H groups in total. The van der Waals surface area contributed by atoms with Crippen LogP contribution in [0.5, 0.6) is 0 Å². The Hall–Kier alpha value is -2.54. The summed E-state index contributed by atoms with van der Waals surface area (Å²) in [5, 5.41) is 7.59. The molecule has 0 fully saturated rings. The third kappa shape index (κ3) is 2.89. The van der Waals surface area contributed by atoms with Gasteiger partial charge in [-0.15, -0.1) is 5.10 Å². The molecule has 7 heteroatoms. The van der Waals surface area contributed by atoms with Gasteiger partial charge < -0.3 is 0 Å². The smallest absolute Gasteiger partial charge is 0.227 e. The molecule has 2 aromatic heterocycles. The van der Waals surface area contributed by atoms with Gasteiger partial charge in [0.15, 0.2) is 0 Å². The van der Waals surface area contributed by atoms with Crippen LogP contribution in [0.25, 0.3) is 0 Å². The van der Waals surface area contributed by atoms with E-state index >= 15 is 0 Å². The van der Waals surface area contributed by atoms with Gasteiger partial charge in [0, 0.05) is 6.20 Å². The number of hydrogen-bond acceptors (Lipinski definition) is 5. The van der Waals surface area contributed by atoms with Crippen molar-refractivity contribution in [2.75, 3.05) is 0 Å². The Morgan fingerprint density at radius 2 is 1.86 bits per heavy atom. The Bertz CT molecular complexity index is 871. The number of hydrogen-bond donors (Lipinski definition) is 0. The standard InChI is InChI=1S/C15H14N4O2S/c1-12-5-7-14(8-6-12)22(20,21)15-11-19(18-17-15)10-13-4-2-3-9-16-13/h2-9,11H,10H2,1H3. The predicted octanol–water partition coefficient (Wildman–Crippen LogP) is 1.86. The van der Waals surface area contributed by atoms with Crippen LogP contribution in [0.3, 0.4) is 0 Å². The third-order valence-electron chi connectivity index (χ3n) is 3.17. The van der Waals surface area contributed by atoms with Crippen LogP contribution in [0.15, 0.2) is 64.8 Å². The van der Waals surface area contributed by atoms with Crippen molar-refractivity contribution < 1.29 is 8.42 Å². The van der Waals surface area contributed by atoms with Gasteiger partial charge in [-0.1, -0.05) is 29.0 Å². The van der Waals surface area contributed by atoms with Gasteiger partial charge in [0.05, 0.1) is 23.3 Å². The zero-order valence-electron chi connectivity index (χ0n) is 11.9. The van der Waals surface area contributed by atoms with E-state index in [0.717, 1.165) is 11.3 Å². The van der Waals surface area contributed by atoms with Gasteiger partial charge in [-0.25, -0.2) is 13.1 Å². The topological polar surface area (TPSA) is 77.7 Å². The monoisotopic (exact) mass is 314 g/mol. The lowest BCUT2D eigenvalue weighted by molar-refractivity contribution is 0.591. The summed E-state index contributed by atoms with van der Waals surface area (Å²) in [6.45, 7) is 2.27. The van der Waals surface area contributed by atoms with Gasteiger partial charge in [0.2, 0.25) is 14.9 Å². The maximum atomic E-state index is 12.5. The molecule has 3 aromatic rings. The molecular weight excluding hydrogens is 300 g/mol. The van der Waals surface area contributed by atoms with Crippen LogP contribution >= 0.6 is 0 Å². The number of nitrogens with zero attached hydrogens (tertiary/aromatic N) is 4. The Balaban J connectivity index is 1.88. The number of aromatic nitrogens is 4. The summed E-state index contributed by atoms with van der Waals surface area (Å²) < 4.78 is 26.4. The van der Waals surface area contributed by atoms with Crippen LogP contribution < -0.4 is 0 Å². The summed E-state index contributed by atoms with van der Waals surface area (Å²) in [5.41, 5.74) is 1.78. The summed E-state index contributed by atoms with van der Waals surface area (Å²) in [7, 11) is -3.64. The summed E-state index contributed by atoms with van der Waals surface area (Å²) in [6, 6.07) is 12.2. The molecule has 0 saturated carbocycles. The molecule has 22 heavy (non-hydrogen) atoms. The number of benzene rings is 1. The van der Waals surface area contributed by atoms with E-state index in [0.29, 0.717) is 6.54 Å². The average Bonchev–Trinajstić information content (AvgIpc) is 2.98. The maximum Gasteiger partial charge on any atom is 0.227 e. The Kier molecular flexibility index (Phi) is 3.72.